The van der Waals surface area contributed by atoms with Gasteiger partial charge in [0.2, 0.25) is 0 Å². The number of amides is 1. The molecule has 2 aromatic carbocycles. The largest absolute Gasteiger partial charge is 0.507 e. The first kappa shape index (κ1) is 15.8. The molecule has 22 heavy (non-hydrogen) atoms. The Balaban J connectivity index is 2.12. The predicted molar refractivity (Wildman–Crippen MR) is 85.5 cm³/mol. The van der Waals surface area contributed by atoms with Crippen LogP contribution >= 0.6 is 15.9 Å². The Hall–Kier alpha value is -2.54. The fraction of sp³-hybridized carbons (Fsp3) is 0.0667. The molecule has 7 heteroatoms. The Kier molecular flexibility index (Phi) is 5.00. The minimum atomic E-state index is -0.572. The van der Waals surface area contributed by atoms with E-state index < -0.39 is 5.91 Å². The summed E-state index contributed by atoms with van der Waals surface area (Å²) >= 11 is 3.22. The number of hydrogen-bond donors (Lipinski definition) is 3. The number of phenolic OH excluding ortho intramolecular Hbond substituents is 2. The number of rotatable bonds is 4. The van der Waals surface area contributed by atoms with Crippen molar-refractivity contribution in [1.82, 2.24) is 5.43 Å². The average molecular weight is 365 g/mol. The Bertz CT molecular complexity index is 731. The molecule has 114 valence electrons. The van der Waals surface area contributed by atoms with Gasteiger partial charge in [-0.15, -0.1) is 0 Å². The maximum absolute atomic E-state index is 11.9. The fourth-order valence-electron chi connectivity index (χ4n) is 1.67. The molecule has 2 aromatic rings. The highest BCUT2D eigenvalue weighted by molar-refractivity contribution is 9.10. The molecule has 3 N–H and O–H groups in total. The molecule has 0 atom stereocenters. The monoisotopic (exact) mass is 364 g/mol. The highest BCUT2D eigenvalue weighted by atomic mass is 79.9. The van der Waals surface area contributed by atoms with Crippen LogP contribution in [0.5, 0.6) is 17.2 Å². The highest BCUT2D eigenvalue weighted by Crippen LogP contribution is 2.22. The third-order valence-corrected chi connectivity index (χ3v) is 3.30. The van der Waals surface area contributed by atoms with E-state index in [1.54, 1.807) is 18.2 Å². The van der Waals surface area contributed by atoms with E-state index in [1.807, 2.05) is 0 Å². The second-order valence-electron chi connectivity index (χ2n) is 4.29. The first-order chi connectivity index (χ1) is 10.5. The summed E-state index contributed by atoms with van der Waals surface area (Å²) in [7, 11) is 1.51. The van der Waals surface area contributed by atoms with E-state index in [0.29, 0.717) is 15.8 Å². The normalized spacial score (nSPS) is 10.6. The van der Waals surface area contributed by atoms with Gasteiger partial charge in [-0.2, -0.15) is 5.10 Å². The first-order valence-electron chi connectivity index (χ1n) is 6.20. The van der Waals surface area contributed by atoms with Crippen LogP contribution < -0.4 is 10.2 Å². The van der Waals surface area contributed by atoms with Crippen molar-refractivity contribution in [2.24, 2.45) is 5.10 Å². The summed E-state index contributed by atoms with van der Waals surface area (Å²) in [4.78, 5) is 11.9. The average Bonchev–Trinajstić information content (AvgIpc) is 2.51. The number of benzene rings is 2. The van der Waals surface area contributed by atoms with Crippen molar-refractivity contribution in [3.8, 4) is 17.2 Å². The van der Waals surface area contributed by atoms with Crippen molar-refractivity contribution in [3.63, 3.8) is 0 Å². The molecule has 0 spiro atoms. The van der Waals surface area contributed by atoms with Crippen LogP contribution in [0.15, 0.2) is 46.0 Å². The van der Waals surface area contributed by atoms with Crippen LogP contribution in [-0.2, 0) is 0 Å². The van der Waals surface area contributed by atoms with E-state index in [4.69, 9.17) is 4.74 Å². The van der Waals surface area contributed by atoms with Gasteiger partial charge in [0, 0.05) is 10.0 Å². The summed E-state index contributed by atoms with van der Waals surface area (Å²) in [6.45, 7) is 0. The summed E-state index contributed by atoms with van der Waals surface area (Å²) in [6, 6.07) is 9.12. The van der Waals surface area contributed by atoms with Crippen LogP contribution in [0.1, 0.15) is 15.9 Å². The summed E-state index contributed by atoms with van der Waals surface area (Å²) in [6.07, 6.45) is 1.28. The van der Waals surface area contributed by atoms with Crippen LogP contribution in [0.2, 0.25) is 0 Å². The smallest absolute Gasteiger partial charge is 0.275 e. The second-order valence-corrected chi connectivity index (χ2v) is 5.20. The van der Waals surface area contributed by atoms with Crippen molar-refractivity contribution >= 4 is 28.1 Å². The molecule has 6 nitrogen and oxygen atoms in total. The van der Waals surface area contributed by atoms with Gasteiger partial charge in [0.05, 0.1) is 18.9 Å². The third-order valence-electron chi connectivity index (χ3n) is 2.81. The molecule has 0 aliphatic rings. The van der Waals surface area contributed by atoms with E-state index in [-0.39, 0.29) is 17.1 Å². The van der Waals surface area contributed by atoms with Crippen LogP contribution in [0.4, 0.5) is 0 Å². The van der Waals surface area contributed by atoms with E-state index in [2.05, 4.69) is 26.5 Å². The lowest BCUT2D eigenvalue weighted by atomic mass is 10.2. The van der Waals surface area contributed by atoms with Crippen molar-refractivity contribution in [2.45, 2.75) is 0 Å². The summed E-state index contributed by atoms with van der Waals surface area (Å²) in [5.41, 5.74) is 2.75. The molecular formula is C15H13BrN2O4. The van der Waals surface area contributed by atoms with Crippen LogP contribution in [0.25, 0.3) is 0 Å². The molecule has 0 saturated carbocycles. The number of phenols is 2. The van der Waals surface area contributed by atoms with Crippen molar-refractivity contribution < 1.29 is 19.7 Å². The number of carbonyl (C=O) groups is 1. The molecule has 0 aromatic heterocycles. The quantitative estimate of drug-likeness (QED) is 0.574. The Morgan fingerprint density at radius 1 is 1.23 bits per heavy atom. The minimum absolute atomic E-state index is 0.00380. The van der Waals surface area contributed by atoms with Gasteiger partial charge in [-0.05, 0) is 36.4 Å². The fourth-order valence-corrected chi connectivity index (χ4v) is 2.03. The van der Waals surface area contributed by atoms with Gasteiger partial charge in [-0.25, -0.2) is 5.43 Å². The van der Waals surface area contributed by atoms with E-state index in [9.17, 15) is 15.0 Å². The van der Waals surface area contributed by atoms with Crippen molar-refractivity contribution in [2.75, 3.05) is 7.11 Å². The standard InChI is InChI=1S/C15H13BrN2O4/c1-22-11-3-5-13(19)9(6-11)8-17-18-15(21)12-7-10(16)2-4-14(12)20/h2-8,19-20H,1H3,(H,18,21)/b17-8-. The molecule has 0 radical (unpaired) electrons. The Morgan fingerprint density at radius 2 is 1.95 bits per heavy atom. The summed E-state index contributed by atoms with van der Waals surface area (Å²) in [5.74, 6) is -0.170. The van der Waals surface area contributed by atoms with Gasteiger partial charge in [-0.1, -0.05) is 15.9 Å². The van der Waals surface area contributed by atoms with Crippen molar-refractivity contribution in [1.29, 1.82) is 0 Å². The lowest BCUT2D eigenvalue weighted by Gasteiger charge is -2.04. The number of nitrogens with one attached hydrogen (secondary N) is 1. The van der Waals surface area contributed by atoms with Crippen LogP contribution in [-0.4, -0.2) is 29.4 Å². The van der Waals surface area contributed by atoms with Gasteiger partial charge in [-0.3, -0.25) is 4.79 Å². The molecule has 0 unspecified atom stereocenters. The molecule has 0 aliphatic carbocycles. The number of halogens is 1. The molecule has 0 fully saturated rings. The molecule has 1 amide bonds. The summed E-state index contributed by atoms with van der Waals surface area (Å²) in [5, 5.41) is 23.1. The molecule has 0 aliphatic heterocycles. The Morgan fingerprint density at radius 3 is 2.68 bits per heavy atom. The highest BCUT2D eigenvalue weighted by Gasteiger charge is 2.10. The predicted octanol–water partition coefficient (Wildman–Crippen LogP) is 2.63. The maximum atomic E-state index is 11.9. The molecule has 0 bridgehead atoms. The van der Waals surface area contributed by atoms with E-state index in [1.165, 1.54) is 31.5 Å². The van der Waals surface area contributed by atoms with Gasteiger partial charge in [0.1, 0.15) is 17.2 Å². The zero-order chi connectivity index (χ0) is 16.1. The summed E-state index contributed by atoms with van der Waals surface area (Å²) < 4.78 is 5.69. The third kappa shape index (κ3) is 3.76. The second kappa shape index (κ2) is 6.95. The lowest BCUT2D eigenvalue weighted by Crippen LogP contribution is -2.17. The lowest BCUT2D eigenvalue weighted by molar-refractivity contribution is 0.0952. The number of nitrogens with zero attached hydrogens (tertiary/aromatic N) is 1. The van der Waals surface area contributed by atoms with Crippen LogP contribution in [0, 0.1) is 0 Å². The molecular weight excluding hydrogens is 352 g/mol. The Labute approximate surface area is 135 Å². The van der Waals surface area contributed by atoms with E-state index >= 15 is 0 Å². The number of aromatic hydroxyl groups is 2. The molecule has 2 rings (SSSR count). The first-order valence-corrected chi connectivity index (χ1v) is 6.99. The number of carbonyl (C=O) groups excluding carboxylic acids is 1. The van der Waals surface area contributed by atoms with Crippen molar-refractivity contribution in [3.05, 3.63) is 52.0 Å². The topological polar surface area (TPSA) is 91.2 Å². The number of hydrogen-bond acceptors (Lipinski definition) is 5. The van der Waals surface area contributed by atoms with Gasteiger partial charge < -0.3 is 14.9 Å². The number of ether oxygens (including phenoxy) is 1. The van der Waals surface area contributed by atoms with Gasteiger partial charge >= 0.3 is 0 Å². The van der Waals surface area contributed by atoms with Gasteiger partial charge in [0.15, 0.2) is 0 Å². The number of methoxy groups -OCH3 is 1. The zero-order valence-electron chi connectivity index (χ0n) is 11.6. The molecule has 0 heterocycles. The number of hydrazone groups is 1. The zero-order valence-corrected chi connectivity index (χ0v) is 13.2. The van der Waals surface area contributed by atoms with Crippen LogP contribution in [0.3, 0.4) is 0 Å². The SMILES string of the molecule is COc1ccc(O)c(/C=N\NC(=O)c2cc(Br)ccc2O)c1. The van der Waals surface area contributed by atoms with E-state index in [0.717, 1.165) is 0 Å². The van der Waals surface area contributed by atoms with Gasteiger partial charge in [0.25, 0.3) is 5.91 Å². The molecule has 0 saturated heterocycles. The minimum Gasteiger partial charge on any atom is -0.507 e. The maximum Gasteiger partial charge on any atom is 0.275 e.